The summed E-state index contributed by atoms with van der Waals surface area (Å²) in [5.74, 6) is -0.340. The quantitative estimate of drug-likeness (QED) is 0.636. The van der Waals surface area contributed by atoms with Gasteiger partial charge in [0, 0.05) is 17.8 Å². The molecule has 0 aromatic heterocycles. The summed E-state index contributed by atoms with van der Waals surface area (Å²) in [7, 11) is 0. The van der Waals surface area contributed by atoms with Crippen LogP contribution in [0.4, 0.5) is 4.39 Å². The Hall–Kier alpha value is -0.250. The van der Waals surface area contributed by atoms with Crippen LogP contribution in [0.2, 0.25) is 0 Å². The number of carbonyl (C=O) groups excluding carboxylic acids is 1. The molecule has 1 saturated carbocycles. The lowest BCUT2D eigenvalue weighted by molar-refractivity contribution is -0.131. The van der Waals surface area contributed by atoms with Crippen molar-refractivity contribution >= 4 is 18.5 Å². The van der Waals surface area contributed by atoms with Crippen molar-refractivity contribution in [3.05, 3.63) is 0 Å². The van der Waals surface area contributed by atoms with Gasteiger partial charge in [0.1, 0.15) is 6.17 Å². The fourth-order valence-electron chi connectivity index (χ4n) is 1.79. The second kappa shape index (κ2) is 2.87. The first-order valence-electron chi connectivity index (χ1n) is 4.65. The summed E-state index contributed by atoms with van der Waals surface area (Å²) in [6, 6.07) is 0. The van der Waals surface area contributed by atoms with E-state index in [0.29, 0.717) is 13.0 Å². The van der Waals surface area contributed by atoms with Crippen LogP contribution in [0.1, 0.15) is 19.8 Å². The molecule has 1 amide bonds. The predicted octanol–water partition coefficient (Wildman–Crippen LogP) is 1.27. The molecule has 0 radical (unpaired) electrons. The van der Waals surface area contributed by atoms with Gasteiger partial charge >= 0.3 is 0 Å². The number of nitrogens with zero attached hydrogens (tertiary/aromatic N) is 1. The van der Waals surface area contributed by atoms with Gasteiger partial charge in [-0.1, -0.05) is 0 Å². The van der Waals surface area contributed by atoms with Gasteiger partial charge in [0.05, 0.1) is 5.92 Å². The molecule has 1 aliphatic carbocycles. The topological polar surface area (TPSA) is 20.3 Å². The van der Waals surface area contributed by atoms with E-state index in [0.717, 1.165) is 13.0 Å². The zero-order valence-corrected chi connectivity index (χ0v) is 8.56. The third-order valence-corrected chi connectivity index (χ3v) is 3.16. The van der Waals surface area contributed by atoms with Crippen molar-refractivity contribution in [2.24, 2.45) is 5.92 Å². The smallest absolute Gasteiger partial charge is 0.228 e. The van der Waals surface area contributed by atoms with Crippen LogP contribution in [-0.4, -0.2) is 34.8 Å². The summed E-state index contributed by atoms with van der Waals surface area (Å²) in [4.78, 5) is 13.3. The molecular weight excluding hydrogens is 189 g/mol. The highest BCUT2D eigenvalue weighted by Gasteiger charge is 2.47. The average Bonchev–Trinajstić information content (AvgIpc) is 2.64. The molecule has 2 fully saturated rings. The number of carbonyl (C=O) groups is 1. The highest BCUT2D eigenvalue weighted by molar-refractivity contribution is 7.81. The van der Waals surface area contributed by atoms with Crippen molar-refractivity contribution in [2.75, 3.05) is 13.1 Å². The van der Waals surface area contributed by atoms with Gasteiger partial charge in [-0.2, -0.15) is 12.6 Å². The Labute approximate surface area is 82.9 Å². The first-order chi connectivity index (χ1) is 5.99. The van der Waals surface area contributed by atoms with Gasteiger partial charge in [0.25, 0.3) is 0 Å². The van der Waals surface area contributed by atoms with Crippen LogP contribution in [0.15, 0.2) is 0 Å². The van der Waals surface area contributed by atoms with Gasteiger partial charge in [0.15, 0.2) is 0 Å². The number of amides is 1. The fraction of sp³-hybridized carbons (Fsp3) is 0.889. The number of rotatable bonds is 1. The molecule has 3 atom stereocenters. The summed E-state index contributed by atoms with van der Waals surface area (Å²) >= 11 is 4.43. The van der Waals surface area contributed by atoms with Crippen LogP contribution in [0.25, 0.3) is 0 Å². The van der Waals surface area contributed by atoms with Crippen LogP contribution < -0.4 is 0 Å². The third-order valence-electron chi connectivity index (χ3n) is 2.79. The molecule has 0 aromatic carbocycles. The summed E-state index contributed by atoms with van der Waals surface area (Å²) in [6.07, 6.45) is 0.462. The zero-order valence-electron chi connectivity index (χ0n) is 7.66. The van der Waals surface area contributed by atoms with E-state index in [1.54, 1.807) is 4.90 Å². The number of thiol groups is 1. The molecule has 0 bridgehead atoms. The summed E-state index contributed by atoms with van der Waals surface area (Å²) < 4.78 is 12.5. The molecule has 74 valence electrons. The third kappa shape index (κ3) is 1.82. The lowest BCUT2D eigenvalue weighted by Crippen LogP contribution is -2.33. The van der Waals surface area contributed by atoms with Crippen molar-refractivity contribution in [3.63, 3.8) is 0 Å². The molecule has 2 aliphatic rings. The fourth-order valence-corrected chi connectivity index (χ4v) is 2.06. The Balaban J connectivity index is 1.93. The molecule has 0 aromatic rings. The van der Waals surface area contributed by atoms with Crippen molar-refractivity contribution < 1.29 is 9.18 Å². The predicted molar refractivity (Wildman–Crippen MR) is 51.6 cm³/mol. The molecule has 4 heteroatoms. The molecule has 1 aliphatic heterocycles. The van der Waals surface area contributed by atoms with E-state index in [9.17, 15) is 9.18 Å². The Morgan fingerprint density at radius 3 is 2.69 bits per heavy atom. The second-order valence-electron chi connectivity index (χ2n) is 4.36. The molecule has 0 N–H and O–H groups in total. The second-order valence-corrected chi connectivity index (χ2v) is 5.44. The molecular formula is C9H14FNOS. The highest BCUT2D eigenvalue weighted by Crippen LogP contribution is 2.37. The van der Waals surface area contributed by atoms with Crippen molar-refractivity contribution in [1.82, 2.24) is 4.90 Å². The van der Waals surface area contributed by atoms with Crippen molar-refractivity contribution in [2.45, 2.75) is 30.7 Å². The molecule has 1 saturated heterocycles. The maximum absolute atomic E-state index is 12.6. The van der Waals surface area contributed by atoms with Crippen LogP contribution in [0.3, 0.4) is 0 Å². The van der Waals surface area contributed by atoms with E-state index in [4.69, 9.17) is 0 Å². The van der Waals surface area contributed by atoms with Gasteiger partial charge in [-0.15, -0.1) is 0 Å². The monoisotopic (exact) mass is 203 g/mol. The number of hydrogen-bond donors (Lipinski definition) is 1. The lowest BCUT2D eigenvalue weighted by atomic mass is 10.1. The molecule has 2 rings (SSSR count). The Bertz CT molecular complexity index is 244. The molecule has 3 unspecified atom stereocenters. The molecule has 0 spiro atoms. The Morgan fingerprint density at radius 1 is 1.69 bits per heavy atom. The minimum atomic E-state index is -0.876. The van der Waals surface area contributed by atoms with E-state index in [1.807, 2.05) is 6.92 Å². The first kappa shape index (κ1) is 9.31. The maximum atomic E-state index is 12.6. The van der Waals surface area contributed by atoms with Crippen LogP contribution >= 0.6 is 12.6 Å². The van der Waals surface area contributed by atoms with Gasteiger partial charge in [0.2, 0.25) is 5.91 Å². The standard InChI is InChI=1S/C9H14FNOS/c1-9(13)2-3-11(5-9)8(12)6-4-7(6)10/h6-7,13H,2-5H2,1H3. The highest BCUT2D eigenvalue weighted by atomic mass is 32.1. The van der Waals surface area contributed by atoms with Gasteiger partial charge in [-0.25, -0.2) is 4.39 Å². The largest absolute Gasteiger partial charge is 0.341 e. The van der Waals surface area contributed by atoms with Gasteiger partial charge in [-0.3, -0.25) is 4.79 Å². The SMILES string of the molecule is CC1(S)CCN(C(=O)C2CC2F)C1. The van der Waals surface area contributed by atoms with Crippen LogP contribution in [-0.2, 0) is 4.79 Å². The minimum absolute atomic E-state index is 0.00900. The summed E-state index contributed by atoms with van der Waals surface area (Å²) in [5.41, 5.74) is 0. The number of likely N-dealkylation sites (tertiary alicyclic amines) is 1. The van der Waals surface area contributed by atoms with Crippen molar-refractivity contribution in [1.29, 1.82) is 0 Å². The van der Waals surface area contributed by atoms with E-state index in [-0.39, 0.29) is 16.6 Å². The van der Waals surface area contributed by atoms with Gasteiger partial charge in [-0.05, 0) is 19.8 Å². The average molecular weight is 203 g/mol. The summed E-state index contributed by atoms with van der Waals surface area (Å²) in [6.45, 7) is 3.42. The van der Waals surface area contributed by atoms with Crippen molar-refractivity contribution in [3.8, 4) is 0 Å². The summed E-state index contributed by atoms with van der Waals surface area (Å²) in [5, 5.41) is 0. The van der Waals surface area contributed by atoms with Crippen LogP contribution in [0, 0.1) is 5.92 Å². The van der Waals surface area contributed by atoms with E-state index in [1.165, 1.54) is 0 Å². The number of halogens is 1. The normalized spacial score (nSPS) is 43.8. The lowest BCUT2D eigenvalue weighted by Gasteiger charge is -2.18. The van der Waals surface area contributed by atoms with Crippen LogP contribution in [0.5, 0.6) is 0 Å². The molecule has 2 nitrogen and oxygen atoms in total. The molecule has 13 heavy (non-hydrogen) atoms. The number of hydrogen-bond acceptors (Lipinski definition) is 2. The Morgan fingerprint density at radius 2 is 2.31 bits per heavy atom. The minimum Gasteiger partial charge on any atom is -0.341 e. The van der Waals surface area contributed by atoms with E-state index in [2.05, 4.69) is 12.6 Å². The zero-order chi connectivity index (χ0) is 9.64. The first-order valence-corrected chi connectivity index (χ1v) is 5.09. The molecule has 1 heterocycles. The maximum Gasteiger partial charge on any atom is 0.228 e. The van der Waals surface area contributed by atoms with E-state index < -0.39 is 6.17 Å². The van der Waals surface area contributed by atoms with E-state index >= 15 is 0 Å². The number of alkyl halides is 1. The van der Waals surface area contributed by atoms with Gasteiger partial charge < -0.3 is 4.90 Å². The Kier molecular flexibility index (Phi) is 2.06.